The van der Waals surface area contributed by atoms with E-state index in [1.165, 1.54) is 11.3 Å². The Labute approximate surface area is 173 Å². The molecule has 4 rings (SSSR count). The molecule has 0 saturated carbocycles. The number of carbonyl (C=O) groups is 1. The standard InChI is InChI=1S/C22H25N3O3S/c1-24(21(27)12-15-7-8-20-18(11-15)23-22(28)29-20)19(16-5-3-2-4-6-16)14-25-10-9-17(26)13-25/h2-8,11,17,19,26H,9-10,12-14H2,1H3,(H,23,28)/t17?,19-/m1/s1. The zero-order valence-electron chi connectivity index (χ0n) is 16.4. The number of amides is 1. The van der Waals surface area contributed by atoms with Gasteiger partial charge in [0.1, 0.15) is 0 Å². The van der Waals surface area contributed by atoms with Crippen molar-refractivity contribution in [1.29, 1.82) is 0 Å². The van der Waals surface area contributed by atoms with Crippen molar-refractivity contribution < 1.29 is 9.90 Å². The van der Waals surface area contributed by atoms with E-state index in [0.29, 0.717) is 13.1 Å². The SMILES string of the molecule is CN(C(=O)Cc1ccc2sc(=O)[nH]c2c1)[C@H](CN1CCC(O)C1)c1ccccc1. The van der Waals surface area contributed by atoms with Crippen molar-refractivity contribution in [2.75, 3.05) is 26.7 Å². The maximum Gasteiger partial charge on any atom is 0.305 e. The molecule has 1 fully saturated rings. The quantitative estimate of drug-likeness (QED) is 0.653. The summed E-state index contributed by atoms with van der Waals surface area (Å²) in [7, 11) is 1.84. The predicted molar refractivity (Wildman–Crippen MR) is 115 cm³/mol. The number of rotatable bonds is 6. The number of nitrogens with zero attached hydrogens (tertiary/aromatic N) is 2. The molecule has 0 bridgehead atoms. The van der Waals surface area contributed by atoms with Crippen LogP contribution >= 0.6 is 11.3 Å². The number of thiazole rings is 1. The first-order valence-electron chi connectivity index (χ1n) is 9.82. The summed E-state index contributed by atoms with van der Waals surface area (Å²) in [5, 5.41) is 9.87. The number of aromatic amines is 1. The summed E-state index contributed by atoms with van der Waals surface area (Å²) < 4.78 is 0.898. The van der Waals surface area contributed by atoms with E-state index in [0.717, 1.165) is 34.3 Å². The number of β-amino-alcohol motifs (C(OH)–C–C–N with tert-alkyl or cyclic N) is 1. The maximum atomic E-state index is 13.1. The molecule has 29 heavy (non-hydrogen) atoms. The molecule has 2 N–H and O–H groups in total. The van der Waals surface area contributed by atoms with Gasteiger partial charge in [0.25, 0.3) is 0 Å². The average molecular weight is 412 g/mol. The summed E-state index contributed by atoms with van der Waals surface area (Å²) in [6, 6.07) is 15.6. The van der Waals surface area contributed by atoms with Crippen LogP contribution in [0.4, 0.5) is 0 Å². The van der Waals surface area contributed by atoms with Gasteiger partial charge < -0.3 is 15.0 Å². The smallest absolute Gasteiger partial charge is 0.305 e. The number of aromatic nitrogens is 1. The second kappa shape index (κ2) is 8.49. The number of likely N-dealkylation sites (tertiary alicyclic amines) is 1. The topological polar surface area (TPSA) is 76.6 Å². The summed E-state index contributed by atoms with van der Waals surface area (Å²) in [5.41, 5.74) is 2.74. The van der Waals surface area contributed by atoms with Crippen molar-refractivity contribution in [3.05, 3.63) is 69.3 Å². The van der Waals surface area contributed by atoms with Crippen LogP contribution in [0, 0.1) is 0 Å². The van der Waals surface area contributed by atoms with Gasteiger partial charge in [0, 0.05) is 26.7 Å². The van der Waals surface area contributed by atoms with Crippen molar-refractivity contribution in [2.24, 2.45) is 0 Å². The Hall–Kier alpha value is -2.48. The highest BCUT2D eigenvalue weighted by Crippen LogP contribution is 2.24. The van der Waals surface area contributed by atoms with E-state index in [-0.39, 0.29) is 29.3 Å². The van der Waals surface area contributed by atoms with E-state index in [4.69, 9.17) is 0 Å². The molecule has 1 amide bonds. The van der Waals surface area contributed by atoms with Gasteiger partial charge in [-0.05, 0) is 29.7 Å². The van der Waals surface area contributed by atoms with Crippen molar-refractivity contribution in [3.63, 3.8) is 0 Å². The van der Waals surface area contributed by atoms with E-state index in [1.807, 2.05) is 55.6 Å². The highest BCUT2D eigenvalue weighted by molar-refractivity contribution is 7.16. The molecule has 2 atom stereocenters. The minimum atomic E-state index is -0.285. The van der Waals surface area contributed by atoms with Crippen molar-refractivity contribution in [2.45, 2.75) is 25.0 Å². The third-order valence-corrected chi connectivity index (χ3v) is 6.43. The Bertz CT molecular complexity index is 1050. The van der Waals surface area contributed by atoms with Gasteiger partial charge in [-0.25, -0.2) is 0 Å². The molecule has 1 saturated heterocycles. The lowest BCUT2D eigenvalue weighted by molar-refractivity contribution is -0.131. The van der Waals surface area contributed by atoms with Crippen LogP contribution in [0.25, 0.3) is 10.2 Å². The van der Waals surface area contributed by atoms with E-state index in [9.17, 15) is 14.7 Å². The van der Waals surface area contributed by atoms with Crippen LogP contribution in [-0.2, 0) is 11.2 Å². The minimum absolute atomic E-state index is 0.0236. The molecule has 1 aliphatic heterocycles. The summed E-state index contributed by atoms with van der Waals surface area (Å²) in [6.07, 6.45) is 0.765. The van der Waals surface area contributed by atoms with E-state index < -0.39 is 0 Å². The zero-order chi connectivity index (χ0) is 20.4. The third kappa shape index (κ3) is 4.58. The van der Waals surface area contributed by atoms with Gasteiger partial charge in [0.15, 0.2) is 0 Å². The first kappa shape index (κ1) is 19.8. The van der Waals surface area contributed by atoms with Gasteiger partial charge in [-0.15, -0.1) is 0 Å². The number of likely N-dealkylation sites (N-methyl/N-ethyl adjacent to an activating group) is 1. The first-order valence-corrected chi connectivity index (χ1v) is 10.6. The van der Waals surface area contributed by atoms with E-state index >= 15 is 0 Å². The second-order valence-corrected chi connectivity index (χ2v) is 8.67. The fourth-order valence-electron chi connectivity index (χ4n) is 3.93. The van der Waals surface area contributed by atoms with Crippen LogP contribution in [0.5, 0.6) is 0 Å². The zero-order valence-corrected chi connectivity index (χ0v) is 17.2. The lowest BCUT2D eigenvalue weighted by atomic mass is 10.0. The predicted octanol–water partition coefficient (Wildman–Crippen LogP) is 2.40. The number of hydrogen-bond acceptors (Lipinski definition) is 5. The molecule has 7 heteroatoms. The summed E-state index contributed by atoms with van der Waals surface area (Å²) in [6.45, 7) is 2.18. The van der Waals surface area contributed by atoms with Gasteiger partial charge in [-0.1, -0.05) is 47.7 Å². The molecule has 0 radical (unpaired) electrons. The molecule has 0 spiro atoms. The maximum absolute atomic E-state index is 13.1. The normalized spacial score (nSPS) is 18.2. The summed E-state index contributed by atoms with van der Waals surface area (Å²) in [5.74, 6) is 0.0236. The Morgan fingerprint density at radius 2 is 2.10 bits per heavy atom. The Morgan fingerprint density at radius 3 is 2.83 bits per heavy atom. The van der Waals surface area contributed by atoms with Gasteiger partial charge >= 0.3 is 4.87 Å². The van der Waals surface area contributed by atoms with Crippen LogP contribution in [0.3, 0.4) is 0 Å². The lowest BCUT2D eigenvalue weighted by Gasteiger charge is -2.32. The van der Waals surface area contributed by atoms with Gasteiger partial charge in [-0.3, -0.25) is 14.5 Å². The number of aliphatic hydroxyl groups excluding tert-OH is 1. The van der Waals surface area contributed by atoms with Crippen molar-refractivity contribution >= 4 is 27.5 Å². The van der Waals surface area contributed by atoms with Crippen LogP contribution in [0.1, 0.15) is 23.6 Å². The first-order chi connectivity index (χ1) is 14.0. The van der Waals surface area contributed by atoms with Crippen LogP contribution < -0.4 is 4.87 Å². The number of aliphatic hydroxyl groups is 1. The number of benzene rings is 2. The largest absolute Gasteiger partial charge is 0.392 e. The van der Waals surface area contributed by atoms with E-state index in [1.54, 1.807) is 4.90 Å². The Kier molecular flexibility index (Phi) is 5.80. The number of carbonyl (C=O) groups excluding carboxylic acids is 1. The van der Waals surface area contributed by atoms with Gasteiger partial charge in [-0.2, -0.15) is 0 Å². The molecule has 2 aromatic carbocycles. The Balaban J connectivity index is 1.52. The highest BCUT2D eigenvalue weighted by atomic mass is 32.1. The van der Waals surface area contributed by atoms with Crippen molar-refractivity contribution in [1.82, 2.24) is 14.8 Å². The van der Waals surface area contributed by atoms with Gasteiger partial charge in [0.2, 0.25) is 5.91 Å². The minimum Gasteiger partial charge on any atom is -0.392 e. The Morgan fingerprint density at radius 1 is 1.31 bits per heavy atom. The molecular weight excluding hydrogens is 386 g/mol. The molecule has 1 unspecified atom stereocenters. The lowest BCUT2D eigenvalue weighted by Crippen LogP contribution is -2.39. The fourth-order valence-corrected chi connectivity index (χ4v) is 4.65. The van der Waals surface area contributed by atoms with Crippen LogP contribution in [-0.4, -0.2) is 58.6 Å². The number of nitrogens with one attached hydrogen (secondary N) is 1. The monoisotopic (exact) mass is 411 g/mol. The van der Waals surface area contributed by atoms with Crippen molar-refractivity contribution in [3.8, 4) is 0 Å². The highest BCUT2D eigenvalue weighted by Gasteiger charge is 2.28. The van der Waals surface area contributed by atoms with E-state index in [2.05, 4.69) is 9.88 Å². The van der Waals surface area contributed by atoms with Crippen LogP contribution in [0.2, 0.25) is 0 Å². The molecule has 0 aliphatic carbocycles. The molecule has 1 aliphatic rings. The number of H-pyrrole nitrogens is 1. The fraction of sp³-hybridized carbons (Fsp3) is 0.364. The molecular formula is C22H25N3O3S. The molecule has 152 valence electrons. The summed E-state index contributed by atoms with van der Waals surface area (Å²) >= 11 is 1.17. The molecule has 1 aromatic heterocycles. The number of fused-ring (bicyclic) bond motifs is 1. The molecule has 6 nitrogen and oxygen atoms in total. The third-order valence-electron chi connectivity index (χ3n) is 5.56. The second-order valence-electron chi connectivity index (χ2n) is 7.66. The van der Waals surface area contributed by atoms with Gasteiger partial charge in [0.05, 0.1) is 28.8 Å². The molecule has 2 heterocycles. The average Bonchev–Trinajstić information content (AvgIpc) is 3.30. The summed E-state index contributed by atoms with van der Waals surface area (Å²) in [4.78, 5) is 31.4. The van der Waals surface area contributed by atoms with Crippen LogP contribution in [0.15, 0.2) is 53.3 Å². The number of hydrogen-bond donors (Lipinski definition) is 2. The molecule has 3 aromatic rings.